The molecule has 2 heterocycles. The van der Waals surface area contributed by atoms with E-state index in [-0.39, 0.29) is 12.3 Å². The van der Waals surface area contributed by atoms with Gasteiger partial charge in [-0.05, 0) is 24.7 Å². The van der Waals surface area contributed by atoms with Crippen LogP contribution < -0.4 is 10.6 Å². The minimum Gasteiger partial charge on any atom is -0.385 e. The zero-order valence-corrected chi connectivity index (χ0v) is 11.8. The van der Waals surface area contributed by atoms with E-state index in [1.807, 2.05) is 31.2 Å². The highest BCUT2D eigenvalue weighted by Crippen LogP contribution is 2.30. The van der Waals surface area contributed by atoms with Crippen molar-refractivity contribution in [1.82, 2.24) is 9.97 Å². The third-order valence-electron chi connectivity index (χ3n) is 3.39. The number of anilines is 2. The Morgan fingerprint density at radius 3 is 2.80 bits per heavy atom. The second kappa shape index (κ2) is 4.72. The molecule has 5 nitrogen and oxygen atoms in total. The summed E-state index contributed by atoms with van der Waals surface area (Å²) < 4.78 is 0.296. The Bertz CT molecular complexity index is 736. The average molecular weight is 286 g/mol. The van der Waals surface area contributed by atoms with Gasteiger partial charge in [-0.2, -0.15) is 0 Å². The standard InChI is InChI=1S/C14H14N4OS/c1-8-2-4-9(5-3-8)7-18-11(19)6-10-12(15)16-14(20)17-13(10)18/h2-5H,6-7H2,1H3,(H3,15,16,17,20). The van der Waals surface area contributed by atoms with E-state index in [2.05, 4.69) is 9.97 Å². The Hall–Kier alpha value is -2.21. The first-order valence-corrected chi connectivity index (χ1v) is 6.70. The van der Waals surface area contributed by atoms with E-state index in [4.69, 9.17) is 18.0 Å². The summed E-state index contributed by atoms with van der Waals surface area (Å²) in [6.45, 7) is 2.51. The number of aromatic nitrogens is 2. The van der Waals surface area contributed by atoms with Crippen LogP contribution in [-0.4, -0.2) is 15.9 Å². The number of aromatic amines is 1. The van der Waals surface area contributed by atoms with Crippen molar-refractivity contribution in [1.29, 1.82) is 0 Å². The molecule has 0 aliphatic carbocycles. The summed E-state index contributed by atoms with van der Waals surface area (Å²) in [4.78, 5) is 20.8. The van der Waals surface area contributed by atoms with Gasteiger partial charge in [-0.3, -0.25) is 9.69 Å². The Morgan fingerprint density at radius 1 is 1.40 bits per heavy atom. The molecule has 20 heavy (non-hydrogen) atoms. The highest BCUT2D eigenvalue weighted by atomic mass is 32.1. The molecule has 2 aromatic rings. The second-order valence-corrected chi connectivity index (χ2v) is 5.29. The molecule has 1 amide bonds. The van der Waals surface area contributed by atoms with Crippen molar-refractivity contribution in [3.63, 3.8) is 0 Å². The molecule has 0 radical (unpaired) electrons. The first kappa shape index (κ1) is 12.8. The molecule has 6 heteroatoms. The molecule has 3 rings (SSSR count). The first-order chi connectivity index (χ1) is 9.54. The normalized spacial score (nSPS) is 13.7. The lowest BCUT2D eigenvalue weighted by molar-refractivity contribution is -0.117. The lowest BCUT2D eigenvalue weighted by Gasteiger charge is -2.16. The number of H-pyrrole nitrogens is 1. The summed E-state index contributed by atoms with van der Waals surface area (Å²) in [5.41, 5.74) is 8.84. The summed E-state index contributed by atoms with van der Waals surface area (Å²) in [7, 11) is 0. The number of amides is 1. The molecule has 0 spiro atoms. The van der Waals surface area contributed by atoms with Gasteiger partial charge in [-0.1, -0.05) is 29.8 Å². The number of hydrogen-bond acceptors (Lipinski definition) is 4. The molecular formula is C14H14N4OS. The quantitative estimate of drug-likeness (QED) is 0.829. The van der Waals surface area contributed by atoms with Gasteiger partial charge in [0.15, 0.2) is 4.77 Å². The van der Waals surface area contributed by atoms with Crippen molar-refractivity contribution >= 4 is 29.8 Å². The van der Waals surface area contributed by atoms with Crippen LogP contribution in [-0.2, 0) is 17.8 Å². The van der Waals surface area contributed by atoms with Gasteiger partial charge in [0, 0.05) is 5.56 Å². The Kier molecular flexibility index (Phi) is 3.02. The third kappa shape index (κ3) is 2.18. The number of nitrogen functional groups attached to an aromatic ring is 1. The van der Waals surface area contributed by atoms with Crippen molar-refractivity contribution in [3.05, 3.63) is 45.7 Å². The molecular weight excluding hydrogens is 272 g/mol. The van der Waals surface area contributed by atoms with Crippen molar-refractivity contribution in [2.75, 3.05) is 10.6 Å². The monoisotopic (exact) mass is 286 g/mol. The van der Waals surface area contributed by atoms with Crippen molar-refractivity contribution in [2.45, 2.75) is 19.9 Å². The number of aryl methyl sites for hydroxylation is 1. The van der Waals surface area contributed by atoms with Crippen LogP contribution in [0.15, 0.2) is 24.3 Å². The maximum absolute atomic E-state index is 12.1. The van der Waals surface area contributed by atoms with Crippen LogP contribution in [0.4, 0.5) is 11.6 Å². The van der Waals surface area contributed by atoms with E-state index >= 15 is 0 Å². The fourth-order valence-corrected chi connectivity index (χ4v) is 2.50. The van der Waals surface area contributed by atoms with E-state index in [0.717, 1.165) is 11.1 Å². The number of nitrogens with two attached hydrogens (primary N) is 1. The molecule has 0 saturated heterocycles. The first-order valence-electron chi connectivity index (χ1n) is 6.29. The molecule has 1 aliphatic rings. The summed E-state index contributed by atoms with van der Waals surface area (Å²) in [5.74, 6) is 1.00. The number of carbonyl (C=O) groups is 1. The van der Waals surface area contributed by atoms with Gasteiger partial charge in [0.25, 0.3) is 0 Å². The van der Waals surface area contributed by atoms with Crippen LogP contribution in [0.2, 0.25) is 0 Å². The number of benzene rings is 1. The highest BCUT2D eigenvalue weighted by molar-refractivity contribution is 7.71. The van der Waals surface area contributed by atoms with Crippen LogP contribution in [0.25, 0.3) is 0 Å². The number of nitrogens with one attached hydrogen (secondary N) is 1. The van der Waals surface area contributed by atoms with Gasteiger partial charge in [0.1, 0.15) is 11.6 Å². The summed E-state index contributed by atoms with van der Waals surface area (Å²) in [6, 6.07) is 8.06. The SMILES string of the molecule is Cc1ccc(CN2C(=O)Cc3c2nc(=S)[nH]c3N)cc1. The summed E-state index contributed by atoms with van der Waals surface area (Å²) >= 11 is 5.03. The third-order valence-corrected chi connectivity index (χ3v) is 3.58. The second-order valence-electron chi connectivity index (χ2n) is 4.90. The van der Waals surface area contributed by atoms with Gasteiger partial charge < -0.3 is 10.7 Å². The van der Waals surface area contributed by atoms with Gasteiger partial charge in [-0.25, -0.2) is 4.98 Å². The molecule has 3 N–H and O–H groups in total. The number of fused-ring (bicyclic) bond motifs is 1. The molecule has 0 bridgehead atoms. The van der Waals surface area contributed by atoms with Crippen LogP contribution >= 0.6 is 12.2 Å². The van der Waals surface area contributed by atoms with Crippen LogP contribution in [0.1, 0.15) is 16.7 Å². The highest BCUT2D eigenvalue weighted by Gasteiger charge is 2.30. The Morgan fingerprint density at radius 2 is 2.10 bits per heavy atom. The molecule has 0 unspecified atom stereocenters. The van der Waals surface area contributed by atoms with Gasteiger partial charge >= 0.3 is 0 Å². The largest absolute Gasteiger partial charge is 0.385 e. The van der Waals surface area contributed by atoms with Crippen molar-refractivity contribution in [2.24, 2.45) is 0 Å². The predicted octanol–water partition coefficient (Wildman–Crippen LogP) is 2.12. The van der Waals surface area contributed by atoms with E-state index in [1.165, 1.54) is 5.56 Å². The molecule has 0 fully saturated rings. The maximum atomic E-state index is 12.1. The number of hydrogen-bond donors (Lipinski definition) is 2. The van der Waals surface area contributed by atoms with Gasteiger partial charge in [0.05, 0.1) is 13.0 Å². The van der Waals surface area contributed by atoms with Crippen LogP contribution in [0.5, 0.6) is 0 Å². The molecule has 1 aromatic carbocycles. The lowest BCUT2D eigenvalue weighted by atomic mass is 10.1. The molecule has 1 aromatic heterocycles. The van der Waals surface area contributed by atoms with E-state index in [1.54, 1.807) is 4.90 Å². The van der Waals surface area contributed by atoms with Crippen molar-refractivity contribution < 1.29 is 4.79 Å². The molecule has 1 aliphatic heterocycles. The Labute approximate surface area is 121 Å². The maximum Gasteiger partial charge on any atom is 0.233 e. The van der Waals surface area contributed by atoms with E-state index in [0.29, 0.717) is 23.0 Å². The summed E-state index contributed by atoms with van der Waals surface area (Å²) in [5, 5.41) is 0. The predicted molar refractivity (Wildman–Crippen MR) is 79.9 cm³/mol. The minimum absolute atomic E-state index is 0.00576. The smallest absolute Gasteiger partial charge is 0.233 e. The fraction of sp³-hybridized carbons (Fsp3) is 0.214. The zero-order chi connectivity index (χ0) is 14.3. The van der Waals surface area contributed by atoms with Gasteiger partial charge in [-0.15, -0.1) is 0 Å². The Balaban J connectivity index is 1.98. The van der Waals surface area contributed by atoms with E-state index in [9.17, 15) is 4.79 Å². The molecule has 102 valence electrons. The number of carbonyl (C=O) groups excluding carboxylic acids is 1. The fourth-order valence-electron chi connectivity index (χ4n) is 2.30. The molecule has 0 atom stereocenters. The molecule has 0 saturated carbocycles. The lowest BCUT2D eigenvalue weighted by Crippen LogP contribution is -2.26. The average Bonchev–Trinajstić information content (AvgIpc) is 2.70. The minimum atomic E-state index is -0.00576. The zero-order valence-electron chi connectivity index (χ0n) is 11.0. The van der Waals surface area contributed by atoms with Gasteiger partial charge in [0.2, 0.25) is 5.91 Å². The summed E-state index contributed by atoms with van der Waals surface area (Å²) in [6.07, 6.45) is 0.270. The number of rotatable bonds is 2. The van der Waals surface area contributed by atoms with E-state index < -0.39 is 0 Å². The van der Waals surface area contributed by atoms with Crippen LogP contribution in [0.3, 0.4) is 0 Å². The van der Waals surface area contributed by atoms with Crippen molar-refractivity contribution in [3.8, 4) is 0 Å². The number of nitrogens with zero attached hydrogens (tertiary/aromatic N) is 2. The van der Waals surface area contributed by atoms with Crippen LogP contribution in [0, 0.1) is 11.7 Å². The topological polar surface area (TPSA) is 75.0 Å².